The highest BCUT2D eigenvalue weighted by Crippen LogP contribution is 2.26. The fourth-order valence-corrected chi connectivity index (χ4v) is 4.06. The van der Waals surface area contributed by atoms with Crippen LogP contribution in [0.3, 0.4) is 0 Å². The lowest BCUT2D eigenvalue weighted by atomic mass is 10.2. The van der Waals surface area contributed by atoms with E-state index in [9.17, 15) is 4.79 Å². The molecular weight excluding hydrogens is 318 g/mol. The maximum atomic E-state index is 12.3. The van der Waals surface area contributed by atoms with Gasteiger partial charge < -0.3 is 20.3 Å². The average Bonchev–Trinajstić information content (AvgIpc) is 3.31. The molecule has 0 spiro atoms. The molecule has 2 N–H and O–H groups in total. The number of nitrogens with one attached hydrogen (secondary N) is 2. The molecule has 25 heavy (non-hydrogen) atoms. The van der Waals surface area contributed by atoms with E-state index >= 15 is 0 Å². The van der Waals surface area contributed by atoms with Crippen LogP contribution in [-0.2, 0) is 4.74 Å². The van der Waals surface area contributed by atoms with Gasteiger partial charge in [-0.3, -0.25) is 4.90 Å². The molecule has 0 bridgehead atoms. The normalized spacial score (nSPS) is 26.5. The van der Waals surface area contributed by atoms with Crippen molar-refractivity contribution in [2.75, 3.05) is 49.5 Å². The number of hydrogen-bond donors (Lipinski definition) is 2. The number of pyridine rings is 1. The summed E-state index contributed by atoms with van der Waals surface area (Å²) >= 11 is 0. The molecule has 7 heteroatoms. The molecule has 4 rings (SSSR count). The maximum absolute atomic E-state index is 12.3. The summed E-state index contributed by atoms with van der Waals surface area (Å²) in [5.74, 6) is 0.865. The summed E-state index contributed by atoms with van der Waals surface area (Å²) in [7, 11) is 0. The van der Waals surface area contributed by atoms with Gasteiger partial charge in [0.1, 0.15) is 0 Å². The lowest BCUT2D eigenvalue weighted by Crippen LogP contribution is -2.50. The third-order valence-corrected chi connectivity index (χ3v) is 5.39. The first kappa shape index (κ1) is 16.6. The Kier molecular flexibility index (Phi) is 5.03. The van der Waals surface area contributed by atoms with Crippen LogP contribution in [0.15, 0.2) is 18.3 Å². The second-order valence-corrected chi connectivity index (χ2v) is 7.15. The molecule has 0 unspecified atom stereocenters. The van der Waals surface area contributed by atoms with Crippen LogP contribution in [0, 0.1) is 0 Å². The number of hydrogen-bond acceptors (Lipinski definition) is 5. The molecule has 3 saturated heterocycles. The largest absolute Gasteiger partial charge is 0.373 e. The molecular formula is C18H27N5O2. The van der Waals surface area contributed by atoms with Crippen LogP contribution in [0.4, 0.5) is 16.3 Å². The van der Waals surface area contributed by atoms with Gasteiger partial charge in [0.15, 0.2) is 5.82 Å². The van der Waals surface area contributed by atoms with Crippen LogP contribution in [0.1, 0.15) is 25.7 Å². The SMILES string of the molecule is O=C(NC[C@H]1CN2CCC[C@H]2CO1)Nc1cccnc1N1CCCC1. The molecule has 136 valence electrons. The van der Waals surface area contributed by atoms with E-state index in [0.717, 1.165) is 44.3 Å². The summed E-state index contributed by atoms with van der Waals surface area (Å²) < 4.78 is 5.89. The van der Waals surface area contributed by atoms with Crippen LogP contribution in [0.5, 0.6) is 0 Å². The Morgan fingerprint density at radius 1 is 1.28 bits per heavy atom. The third kappa shape index (κ3) is 3.88. The van der Waals surface area contributed by atoms with Crippen molar-refractivity contribution >= 4 is 17.5 Å². The second-order valence-electron chi connectivity index (χ2n) is 7.15. The summed E-state index contributed by atoms with van der Waals surface area (Å²) in [6.45, 7) is 5.40. The lowest BCUT2D eigenvalue weighted by molar-refractivity contribution is -0.0456. The topological polar surface area (TPSA) is 69.7 Å². The van der Waals surface area contributed by atoms with E-state index in [1.807, 2.05) is 12.1 Å². The van der Waals surface area contributed by atoms with Gasteiger partial charge in [-0.1, -0.05) is 0 Å². The molecule has 3 aliphatic rings. The van der Waals surface area contributed by atoms with Crippen molar-refractivity contribution in [1.29, 1.82) is 0 Å². The number of carbonyl (C=O) groups is 1. The fourth-order valence-electron chi connectivity index (χ4n) is 4.06. The Morgan fingerprint density at radius 2 is 2.16 bits per heavy atom. The summed E-state index contributed by atoms with van der Waals surface area (Å²) in [4.78, 5) is 21.5. The Hall–Kier alpha value is -1.86. The molecule has 0 aliphatic carbocycles. The molecule has 0 aromatic carbocycles. The Balaban J connectivity index is 1.29. The van der Waals surface area contributed by atoms with E-state index in [1.54, 1.807) is 6.20 Å². The van der Waals surface area contributed by atoms with Gasteiger partial charge in [0.25, 0.3) is 0 Å². The molecule has 4 heterocycles. The number of amides is 2. The zero-order valence-electron chi connectivity index (χ0n) is 14.6. The van der Waals surface area contributed by atoms with E-state index in [-0.39, 0.29) is 12.1 Å². The number of morpholine rings is 1. The van der Waals surface area contributed by atoms with Crippen LogP contribution >= 0.6 is 0 Å². The lowest BCUT2D eigenvalue weighted by Gasteiger charge is -2.35. The van der Waals surface area contributed by atoms with Gasteiger partial charge in [-0.2, -0.15) is 0 Å². The summed E-state index contributed by atoms with van der Waals surface area (Å²) in [6.07, 6.45) is 6.71. The maximum Gasteiger partial charge on any atom is 0.319 e. The number of urea groups is 1. The zero-order chi connectivity index (χ0) is 17.1. The van der Waals surface area contributed by atoms with Gasteiger partial charge in [0.05, 0.1) is 18.4 Å². The average molecular weight is 345 g/mol. The van der Waals surface area contributed by atoms with Crippen LogP contribution in [-0.4, -0.2) is 67.4 Å². The molecule has 3 aliphatic heterocycles. The first-order valence-corrected chi connectivity index (χ1v) is 9.40. The number of fused-ring (bicyclic) bond motifs is 1. The standard InChI is InChI=1S/C18H27N5O2/c24-18(20-11-15-12-23-10-4-5-14(23)13-25-15)21-16-6-3-7-19-17(16)22-8-1-2-9-22/h3,6-7,14-15H,1-2,4-5,8-13H2,(H2,20,21,24)/t14-,15-/m0/s1. The zero-order valence-corrected chi connectivity index (χ0v) is 14.6. The first-order chi connectivity index (χ1) is 12.3. The number of ether oxygens (including phenoxy) is 1. The molecule has 1 aromatic rings. The quantitative estimate of drug-likeness (QED) is 0.869. The van der Waals surface area contributed by atoms with Crippen molar-refractivity contribution in [2.24, 2.45) is 0 Å². The molecule has 1 aromatic heterocycles. The summed E-state index contributed by atoms with van der Waals surface area (Å²) in [6, 6.07) is 4.16. The Morgan fingerprint density at radius 3 is 3.04 bits per heavy atom. The van der Waals surface area contributed by atoms with Gasteiger partial charge in [0.2, 0.25) is 0 Å². The number of carbonyl (C=O) groups excluding carboxylic acids is 1. The van der Waals surface area contributed by atoms with Crippen LogP contribution < -0.4 is 15.5 Å². The van der Waals surface area contributed by atoms with Crippen LogP contribution in [0.2, 0.25) is 0 Å². The van der Waals surface area contributed by atoms with E-state index in [0.29, 0.717) is 12.6 Å². The van der Waals surface area contributed by atoms with Gasteiger partial charge in [-0.25, -0.2) is 9.78 Å². The molecule has 7 nitrogen and oxygen atoms in total. The highest BCUT2D eigenvalue weighted by Gasteiger charge is 2.32. The molecule has 0 saturated carbocycles. The minimum atomic E-state index is -0.194. The Labute approximate surface area is 148 Å². The van der Waals surface area contributed by atoms with E-state index < -0.39 is 0 Å². The minimum Gasteiger partial charge on any atom is -0.373 e. The van der Waals surface area contributed by atoms with Crippen molar-refractivity contribution in [3.05, 3.63) is 18.3 Å². The first-order valence-electron chi connectivity index (χ1n) is 9.40. The van der Waals surface area contributed by atoms with Gasteiger partial charge >= 0.3 is 6.03 Å². The molecule has 0 radical (unpaired) electrons. The smallest absolute Gasteiger partial charge is 0.319 e. The van der Waals surface area contributed by atoms with Gasteiger partial charge in [-0.05, 0) is 44.4 Å². The van der Waals surface area contributed by atoms with Gasteiger partial charge in [0, 0.05) is 38.4 Å². The highest BCUT2D eigenvalue weighted by atomic mass is 16.5. The second kappa shape index (κ2) is 7.58. The highest BCUT2D eigenvalue weighted by molar-refractivity contribution is 5.92. The van der Waals surface area contributed by atoms with Gasteiger partial charge in [-0.15, -0.1) is 0 Å². The Bertz CT molecular complexity index is 605. The number of rotatable bonds is 4. The van der Waals surface area contributed by atoms with E-state index in [2.05, 4.69) is 25.4 Å². The fraction of sp³-hybridized carbons (Fsp3) is 0.667. The van der Waals surface area contributed by atoms with Crippen LogP contribution in [0.25, 0.3) is 0 Å². The molecule has 3 fully saturated rings. The van der Waals surface area contributed by atoms with Crippen molar-refractivity contribution in [1.82, 2.24) is 15.2 Å². The van der Waals surface area contributed by atoms with Crippen molar-refractivity contribution in [2.45, 2.75) is 37.8 Å². The predicted molar refractivity (Wildman–Crippen MR) is 97.0 cm³/mol. The third-order valence-electron chi connectivity index (χ3n) is 5.39. The van der Waals surface area contributed by atoms with E-state index in [4.69, 9.17) is 4.74 Å². The molecule has 2 atom stereocenters. The number of nitrogens with zero attached hydrogens (tertiary/aromatic N) is 3. The summed E-state index contributed by atoms with van der Waals surface area (Å²) in [5, 5.41) is 5.90. The number of aromatic nitrogens is 1. The predicted octanol–water partition coefficient (Wildman–Crippen LogP) is 1.67. The minimum absolute atomic E-state index is 0.0760. The molecule has 2 amide bonds. The van der Waals surface area contributed by atoms with Crippen molar-refractivity contribution in [3.8, 4) is 0 Å². The summed E-state index contributed by atoms with van der Waals surface area (Å²) in [5.41, 5.74) is 0.770. The van der Waals surface area contributed by atoms with Crippen molar-refractivity contribution < 1.29 is 9.53 Å². The monoisotopic (exact) mass is 345 g/mol. The van der Waals surface area contributed by atoms with E-state index in [1.165, 1.54) is 25.7 Å². The number of anilines is 2. The van der Waals surface area contributed by atoms with Crippen molar-refractivity contribution in [3.63, 3.8) is 0 Å².